The molecule has 3 N–H and O–H groups in total. The topological polar surface area (TPSA) is 76.7 Å². The van der Waals surface area contributed by atoms with Gasteiger partial charge < -0.3 is 11.1 Å². The van der Waals surface area contributed by atoms with E-state index in [0.717, 1.165) is 39.2 Å². The molecule has 2 aromatic heterocycles. The van der Waals surface area contributed by atoms with E-state index >= 15 is 0 Å². The number of hydrogen-bond donors (Lipinski definition) is 2. The Hall–Kier alpha value is -2.95. The maximum absolute atomic E-state index is 5.69. The molecule has 0 unspecified atom stereocenters. The molecule has 0 saturated heterocycles. The number of nitrogen functional groups attached to an aromatic ring is 1. The maximum atomic E-state index is 5.69. The maximum Gasteiger partial charge on any atom is 0.220 e. The van der Waals surface area contributed by atoms with Crippen molar-refractivity contribution in [2.75, 3.05) is 5.73 Å². The average molecular weight is 390 g/mol. The van der Waals surface area contributed by atoms with Gasteiger partial charge in [0.25, 0.3) is 0 Å². The molecule has 1 aromatic carbocycles. The molecular formula is C24H31N5. The van der Waals surface area contributed by atoms with Gasteiger partial charge in [-0.3, -0.25) is 0 Å². The van der Waals surface area contributed by atoms with Crippen molar-refractivity contribution in [2.24, 2.45) is 0 Å². The van der Waals surface area contributed by atoms with Crippen molar-refractivity contribution in [3.05, 3.63) is 54.2 Å². The highest BCUT2D eigenvalue weighted by molar-refractivity contribution is 5.81. The smallest absolute Gasteiger partial charge is 0.220 e. The lowest BCUT2D eigenvalue weighted by atomic mass is 10.1. The molecule has 0 spiro atoms. The SMILES string of the molecule is C=C(NC1CC1)c1ccc(-c2ccc3nc(N)nc(C)c3n2)cc1.CCCCC. The van der Waals surface area contributed by atoms with Gasteiger partial charge in [0.15, 0.2) is 0 Å². The molecule has 3 aromatic rings. The van der Waals surface area contributed by atoms with Crippen LogP contribution in [-0.2, 0) is 0 Å². The summed E-state index contributed by atoms with van der Waals surface area (Å²) in [6.45, 7) is 10.4. The number of nitrogens with one attached hydrogen (secondary N) is 1. The first-order valence-electron chi connectivity index (χ1n) is 10.5. The van der Waals surface area contributed by atoms with Gasteiger partial charge in [-0.2, -0.15) is 0 Å². The summed E-state index contributed by atoms with van der Waals surface area (Å²) in [7, 11) is 0. The molecular weight excluding hydrogens is 358 g/mol. The fourth-order valence-corrected chi connectivity index (χ4v) is 3.10. The second kappa shape index (κ2) is 9.50. The van der Waals surface area contributed by atoms with Crippen LogP contribution in [0.2, 0.25) is 0 Å². The first kappa shape index (κ1) is 20.8. The summed E-state index contributed by atoms with van der Waals surface area (Å²) in [5.41, 5.74) is 12.1. The Kier molecular flexibility index (Phi) is 6.81. The van der Waals surface area contributed by atoms with Crippen molar-refractivity contribution in [1.29, 1.82) is 0 Å². The van der Waals surface area contributed by atoms with Gasteiger partial charge in [0.1, 0.15) is 5.52 Å². The van der Waals surface area contributed by atoms with E-state index in [4.69, 9.17) is 10.7 Å². The number of rotatable bonds is 6. The number of aromatic nitrogens is 3. The number of fused-ring (bicyclic) bond motifs is 1. The Morgan fingerprint density at radius 1 is 1.03 bits per heavy atom. The van der Waals surface area contributed by atoms with E-state index in [2.05, 4.69) is 60.0 Å². The number of hydrogen-bond acceptors (Lipinski definition) is 5. The Morgan fingerprint density at radius 3 is 2.31 bits per heavy atom. The number of pyridine rings is 1. The van der Waals surface area contributed by atoms with Crippen LogP contribution in [0.25, 0.3) is 28.0 Å². The zero-order chi connectivity index (χ0) is 20.8. The lowest BCUT2D eigenvalue weighted by Crippen LogP contribution is -2.13. The molecule has 1 aliphatic rings. The van der Waals surface area contributed by atoms with Crippen molar-refractivity contribution in [3.63, 3.8) is 0 Å². The monoisotopic (exact) mass is 389 g/mol. The molecule has 0 atom stereocenters. The highest BCUT2D eigenvalue weighted by Crippen LogP contribution is 2.25. The fraction of sp³-hybridized carbons (Fsp3) is 0.375. The quantitative estimate of drug-likeness (QED) is 0.582. The second-order valence-electron chi connectivity index (χ2n) is 7.56. The number of anilines is 1. The Bertz CT molecular complexity index is 972. The first-order valence-corrected chi connectivity index (χ1v) is 10.5. The summed E-state index contributed by atoms with van der Waals surface area (Å²) in [5.74, 6) is 0.278. The Balaban J connectivity index is 0.000000431. The van der Waals surface area contributed by atoms with E-state index < -0.39 is 0 Å². The average Bonchev–Trinajstić information content (AvgIpc) is 3.53. The van der Waals surface area contributed by atoms with Gasteiger partial charge in [0.05, 0.1) is 16.9 Å². The van der Waals surface area contributed by atoms with Crippen molar-refractivity contribution in [3.8, 4) is 11.3 Å². The molecule has 1 saturated carbocycles. The van der Waals surface area contributed by atoms with Crippen LogP contribution in [0.1, 0.15) is 57.2 Å². The zero-order valence-corrected chi connectivity index (χ0v) is 17.7. The molecule has 5 heteroatoms. The van der Waals surface area contributed by atoms with Crippen LogP contribution < -0.4 is 11.1 Å². The van der Waals surface area contributed by atoms with E-state index in [9.17, 15) is 0 Å². The van der Waals surface area contributed by atoms with E-state index in [0.29, 0.717) is 6.04 Å². The predicted molar refractivity (Wildman–Crippen MR) is 122 cm³/mol. The van der Waals surface area contributed by atoms with Crippen LogP contribution in [0.3, 0.4) is 0 Å². The minimum absolute atomic E-state index is 0.278. The molecule has 0 aliphatic heterocycles. The molecule has 29 heavy (non-hydrogen) atoms. The summed E-state index contributed by atoms with van der Waals surface area (Å²) >= 11 is 0. The third-order valence-corrected chi connectivity index (χ3v) is 4.93. The Morgan fingerprint density at radius 2 is 1.72 bits per heavy atom. The largest absolute Gasteiger partial charge is 0.382 e. The fourth-order valence-electron chi connectivity index (χ4n) is 3.10. The van der Waals surface area contributed by atoms with Crippen LogP contribution >= 0.6 is 0 Å². The van der Waals surface area contributed by atoms with Gasteiger partial charge in [-0.1, -0.05) is 64.0 Å². The minimum atomic E-state index is 0.278. The number of unbranched alkanes of at least 4 members (excludes halogenated alkanes) is 2. The standard InChI is InChI=1S/C19H19N5.C5H12/c1-11(21-15-7-8-15)13-3-5-14(6-4-13)16-9-10-17-18(23-16)12(2)22-19(20)24-17;1-3-5-4-2/h3-6,9-10,15,21H,1,7-8H2,2H3,(H2,20,22,24);3-5H2,1-2H3. The molecule has 152 valence electrons. The summed E-state index contributed by atoms with van der Waals surface area (Å²) in [4.78, 5) is 13.1. The van der Waals surface area contributed by atoms with Crippen LogP contribution in [-0.4, -0.2) is 21.0 Å². The zero-order valence-electron chi connectivity index (χ0n) is 17.7. The van der Waals surface area contributed by atoms with Crippen LogP contribution in [0, 0.1) is 6.92 Å². The van der Waals surface area contributed by atoms with Crippen molar-refractivity contribution in [1.82, 2.24) is 20.3 Å². The van der Waals surface area contributed by atoms with E-state index in [-0.39, 0.29) is 5.95 Å². The van der Waals surface area contributed by atoms with Crippen molar-refractivity contribution in [2.45, 2.75) is 58.9 Å². The molecule has 2 heterocycles. The van der Waals surface area contributed by atoms with Crippen LogP contribution in [0.4, 0.5) is 5.95 Å². The van der Waals surface area contributed by atoms with Crippen LogP contribution in [0.5, 0.6) is 0 Å². The molecule has 1 fully saturated rings. The number of nitrogens with two attached hydrogens (primary N) is 1. The minimum Gasteiger partial charge on any atom is -0.382 e. The summed E-state index contributed by atoms with van der Waals surface area (Å²) in [5, 5.41) is 3.43. The van der Waals surface area contributed by atoms with Crippen molar-refractivity contribution < 1.29 is 0 Å². The predicted octanol–water partition coefficient (Wildman–Crippen LogP) is 5.50. The molecule has 1 aliphatic carbocycles. The van der Waals surface area contributed by atoms with Crippen molar-refractivity contribution >= 4 is 22.7 Å². The van der Waals surface area contributed by atoms with Gasteiger partial charge >= 0.3 is 0 Å². The third kappa shape index (κ3) is 5.53. The van der Waals surface area contributed by atoms with Gasteiger partial charge in [-0.25, -0.2) is 15.0 Å². The van der Waals surface area contributed by atoms with Crippen LogP contribution in [0.15, 0.2) is 43.0 Å². The normalized spacial score (nSPS) is 12.9. The highest BCUT2D eigenvalue weighted by atomic mass is 15.0. The molecule has 5 nitrogen and oxygen atoms in total. The molecule has 0 radical (unpaired) electrons. The van der Waals surface area contributed by atoms with Gasteiger partial charge in [-0.05, 0) is 37.5 Å². The summed E-state index contributed by atoms with van der Waals surface area (Å²) in [6.07, 6.45) is 6.56. The number of nitrogens with zero attached hydrogens (tertiary/aromatic N) is 3. The summed E-state index contributed by atoms with van der Waals surface area (Å²) in [6, 6.07) is 12.8. The Labute approximate surface area is 173 Å². The molecule has 4 rings (SSSR count). The van der Waals surface area contributed by atoms with Gasteiger partial charge in [0.2, 0.25) is 5.95 Å². The first-order chi connectivity index (χ1) is 14.0. The van der Waals surface area contributed by atoms with E-state index in [1.807, 2.05) is 19.1 Å². The van der Waals surface area contributed by atoms with E-state index in [1.165, 1.54) is 32.1 Å². The van der Waals surface area contributed by atoms with Gasteiger partial charge in [-0.15, -0.1) is 0 Å². The van der Waals surface area contributed by atoms with Gasteiger partial charge in [0, 0.05) is 17.3 Å². The highest BCUT2D eigenvalue weighted by Gasteiger charge is 2.21. The number of aryl methyl sites for hydroxylation is 1. The second-order valence-corrected chi connectivity index (χ2v) is 7.56. The summed E-state index contributed by atoms with van der Waals surface area (Å²) < 4.78 is 0. The molecule has 0 amide bonds. The third-order valence-electron chi connectivity index (χ3n) is 4.93. The molecule has 0 bridgehead atoms. The lowest BCUT2D eigenvalue weighted by Gasteiger charge is -2.10. The lowest BCUT2D eigenvalue weighted by molar-refractivity contribution is 0.772. The number of benzene rings is 1. The van der Waals surface area contributed by atoms with E-state index in [1.54, 1.807) is 0 Å².